The van der Waals surface area contributed by atoms with Gasteiger partial charge in [-0.25, -0.2) is 4.98 Å². The number of nitrogens with zero attached hydrogens (tertiary/aromatic N) is 6. The van der Waals surface area contributed by atoms with Crippen molar-refractivity contribution in [3.05, 3.63) is 52.2 Å². The van der Waals surface area contributed by atoms with E-state index in [1.807, 2.05) is 32.0 Å². The Labute approximate surface area is 156 Å². The predicted molar refractivity (Wildman–Crippen MR) is 101 cm³/mol. The summed E-state index contributed by atoms with van der Waals surface area (Å²) in [4.78, 5) is 31.3. The van der Waals surface area contributed by atoms with Crippen molar-refractivity contribution in [2.45, 2.75) is 26.8 Å². The Kier molecular flexibility index (Phi) is 5.03. The summed E-state index contributed by atoms with van der Waals surface area (Å²) in [5.41, 5.74) is 3.04. The van der Waals surface area contributed by atoms with Crippen LogP contribution in [0.4, 0.5) is 5.69 Å². The Morgan fingerprint density at radius 2 is 2.07 bits per heavy atom. The summed E-state index contributed by atoms with van der Waals surface area (Å²) >= 11 is 0. The maximum absolute atomic E-state index is 12.9. The van der Waals surface area contributed by atoms with Gasteiger partial charge in [-0.15, -0.1) is 0 Å². The fourth-order valence-corrected chi connectivity index (χ4v) is 2.86. The first-order chi connectivity index (χ1) is 12.9. The lowest BCUT2D eigenvalue weighted by atomic mass is 10.1. The molecular weight excluding hydrogens is 344 g/mol. The van der Waals surface area contributed by atoms with Crippen molar-refractivity contribution >= 4 is 22.6 Å². The van der Waals surface area contributed by atoms with E-state index in [9.17, 15) is 9.59 Å². The predicted octanol–water partition coefficient (Wildman–Crippen LogP) is 1.69. The molecule has 1 amide bonds. The lowest BCUT2D eigenvalue weighted by Gasteiger charge is -2.23. The van der Waals surface area contributed by atoms with Crippen molar-refractivity contribution in [3.8, 4) is 6.07 Å². The van der Waals surface area contributed by atoms with E-state index in [2.05, 4.69) is 16.2 Å². The number of hydrogen-bond acceptors (Lipinski definition) is 5. The van der Waals surface area contributed by atoms with Gasteiger partial charge in [-0.2, -0.15) is 10.4 Å². The summed E-state index contributed by atoms with van der Waals surface area (Å²) in [5.74, 6) is -0.277. The standard InChI is InChI=1S/C19H20N6O2/c1-13-5-6-15(9-14(13)2)25(8-4-7-20)17(26)11-24-12-21-18-16(19(24)27)10-22-23(18)3/h5-6,9-10,12H,4,8,11H2,1-3H3. The van der Waals surface area contributed by atoms with E-state index in [0.29, 0.717) is 16.7 Å². The van der Waals surface area contributed by atoms with Crippen molar-refractivity contribution in [1.82, 2.24) is 19.3 Å². The van der Waals surface area contributed by atoms with Gasteiger partial charge >= 0.3 is 0 Å². The second-order valence-electron chi connectivity index (χ2n) is 6.41. The highest BCUT2D eigenvalue weighted by Gasteiger charge is 2.18. The van der Waals surface area contributed by atoms with Gasteiger partial charge < -0.3 is 4.90 Å². The summed E-state index contributed by atoms with van der Waals surface area (Å²) in [6, 6.07) is 7.77. The van der Waals surface area contributed by atoms with E-state index in [1.54, 1.807) is 7.05 Å². The number of carbonyl (C=O) groups excluding carboxylic acids is 1. The zero-order valence-corrected chi connectivity index (χ0v) is 15.5. The van der Waals surface area contributed by atoms with E-state index in [4.69, 9.17) is 5.26 Å². The molecule has 3 rings (SSSR count). The molecule has 0 aliphatic heterocycles. The van der Waals surface area contributed by atoms with Gasteiger partial charge in [0.05, 0.1) is 18.7 Å². The highest BCUT2D eigenvalue weighted by molar-refractivity contribution is 5.93. The van der Waals surface area contributed by atoms with Crippen LogP contribution in [0.1, 0.15) is 17.5 Å². The smallest absolute Gasteiger partial charge is 0.264 e. The van der Waals surface area contributed by atoms with Gasteiger partial charge in [-0.05, 0) is 37.1 Å². The number of rotatable bonds is 5. The van der Waals surface area contributed by atoms with Crippen LogP contribution in [0.5, 0.6) is 0 Å². The lowest BCUT2D eigenvalue weighted by molar-refractivity contribution is -0.119. The zero-order valence-electron chi connectivity index (χ0n) is 15.5. The normalized spacial score (nSPS) is 10.7. The molecule has 0 aliphatic carbocycles. The molecule has 1 aromatic carbocycles. The van der Waals surface area contributed by atoms with Crippen LogP contribution in [0.25, 0.3) is 11.0 Å². The maximum atomic E-state index is 12.9. The Morgan fingerprint density at radius 1 is 1.30 bits per heavy atom. The fourth-order valence-electron chi connectivity index (χ4n) is 2.86. The molecule has 0 saturated heterocycles. The lowest BCUT2D eigenvalue weighted by Crippen LogP contribution is -2.37. The number of anilines is 1. The van der Waals surface area contributed by atoms with E-state index in [0.717, 1.165) is 11.1 Å². The van der Waals surface area contributed by atoms with Gasteiger partial charge in [-0.3, -0.25) is 18.8 Å². The molecular formula is C19H20N6O2. The average Bonchev–Trinajstić information content (AvgIpc) is 3.02. The Bertz CT molecular complexity index is 1110. The number of hydrogen-bond donors (Lipinski definition) is 0. The molecule has 0 bridgehead atoms. The third kappa shape index (κ3) is 3.58. The molecule has 138 valence electrons. The molecule has 0 saturated carbocycles. The van der Waals surface area contributed by atoms with Crippen molar-refractivity contribution in [2.24, 2.45) is 7.05 Å². The number of amides is 1. The number of carbonyl (C=O) groups is 1. The minimum Gasteiger partial charge on any atom is -0.310 e. The van der Waals surface area contributed by atoms with Gasteiger partial charge in [0.1, 0.15) is 18.3 Å². The minimum absolute atomic E-state index is 0.158. The fraction of sp³-hybridized carbons (Fsp3) is 0.316. The molecule has 0 fully saturated rings. The number of aromatic nitrogens is 4. The Hall–Kier alpha value is -3.47. The van der Waals surface area contributed by atoms with Crippen LogP contribution >= 0.6 is 0 Å². The van der Waals surface area contributed by atoms with Gasteiger partial charge in [0.25, 0.3) is 5.56 Å². The molecule has 2 heterocycles. The van der Waals surface area contributed by atoms with Crippen LogP contribution in [0.15, 0.2) is 35.5 Å². The summed E-state index contributed by atoms with van der Waals surface area (Å²) in [7, 11) is 1.70. The van der Waals surface area contributed by atoms with Crippen LogP contribution in [0.2, 0.25) is 0 Å². The molecule has 27 heavy (non-hydrogen) atoms. The molecule has 0 spiro atoms. The van der Waals surface area contributed by atoms with Crippen LogP contribution in [0, 0.1) is 25.2 Å². The maximum Gasteiger partial charge on any atom is 0.264 e. The molecule has 8 nitrogen and oxygen atoms in total. The topological polar surface area (TPSA) is 96.8 Å². The molecule has 0 radical (unpaired) electrons. The monoisotopic (exact) mass is 364 g/mol. The van der Waals surface area contributed by atoms with Gasteiger partial charge in [0.2, 0.25) is 5.91 Å². The van der Waals surface area contributed by atoms with E-state index in [1.165, 1.54) is 26.7 Å². The van der Waals surface area contributed by atoms with Crippen molar-refractivity contribution in [3.63, 3.8) is 0 Å². The average molecular weight is 364 g/mol. The second kappa shape index (κ2) is 7.41. The number of aryl methyl sites for hydroxylation is 3. The summed E-state index contributed by atoms with van der Waals surface area (Å²) < 4.78 is 2.78. The molecule has 0 aliphatic rings. The molecule has 0 unspecified atom stereocenters. The zero-order chi connectivity index (χ0) is 19.6. The minimum atomic E-state index is -0.318. The van der Waals surface area contributed by atoms with Crippen molar-refractivity contribution in [2.75, 3.05) is 11.4 Å². The van der Waals surface area contributed by atoms with Crippen LogP contribution in [-0.4, -0.2) is 31.8 Å². The first kappa shape index (κ1) is 18.3. The first-order valence-electron chi connectivity index (χ1n) is 8.54. The Balaban J connectivity index is 1.92. The number of benzene rings is 1. The summed E-state index contributed by atoms with van der Waals surface area (Å²) in [6.45, 7) is 4.07. The van der Waals surface area contributed by atoms with E-state index < -0.39 is 0 Å². The van der Waals surface area contributed by atoms with E-state index in [-0.39, 0.29) is 31.0 Å². The molecule has 0 N–H and O–H groups in total. The number of fused-ring (bicyclic) bond motifs is 1. The van der Waals surface area contributed by atoms with Crippen molar-refractivity contribution < 1.29 is 4.79 Å². The van der Waals surface area contributed by atoms with Gasteiger partial charge in [0, 0.05) is 19.3 Å². The SMILES string of the molecule is Cc1ccc(N(CCC#N)C(=O)Cn2cnc3c(cnn3C)c2=O)cc1C. The van der Waals surface area contributed by atoms with Crippen molar-refractivity contribution in [1.29, 1.82) is 5.26 Å². The highest BCUT2D eigenvalue weighted by Crippen LogP contribution is 2.19. The molecule has 0 atom stereocenters. The molecule has 2 aromatic heterocycles. The molecule has 3 aromatic rings. The third-order valence-electron chi connectivity index (χ3n) is 4.57. The second-order valence-corrected chi connectivity index (χ2v) is 6.41. The van der Waals surface area contributed by atoms with Gasteiger partial charge in [0.15, 0.2) is 5.65 Å². The summed E-state index contributed by atoms with van der Waals surface area (Å²) in [5, 5.41) is 13.3. The molecule has 8 heteroatoms. The first-order valence-corrected chi connectivity index (χ1v) is 8.54. The third-order valence-corrected chi connectivity index (χ3v) is 4.57. The highest BCUT2D eigenvalue weighted by atomic mass is 16.2. The largest absolute Gasteiger partial charge is 0.310 e. The summed E-state index contributed by atoms with van der Waals surface area (Å²) in [6.07, 6.45) is 3.00. The van der Waals surface area contributed by atoms with Crippen LogP contribution in [-0.2, 0) is 18.4 Å². The van der Waals surface area contributed by atoms with Gasteiger partial charge in [-0.1, -0.05) is 6.07 Å². The quantitative estimate of drug-likeness (QED) is 0.686. The number of nitriles is 1. The van der Waals surface area contributed by atoms with Crippen LogP contribution in [0.3, 0.4) is 0 Å². The van der Waals surface area contributed by atoms with Crippen LogP contribution < -0.4 is 10.5 Å². The Morgan fingerprint density at radius 3 is 2.78 bits per heavy atom. The van der Waals surface area contributed by atoms with E-state index >= 15 is 0 Å².